The molecule has 3 heterocycles. The first-order valence-corrected chi connectivity index (χ1v) is 9.28. The highest BCUT2D eigenvalue weighted by atomic mass is 19.1. The summed E-state index contributed by atoms with van der Waals surface area (Å²) in [5.41, 5.74) is 3.77. The van der Waals surface area contributed by atoms with Gasteiger partial charge < -0.3 is 10.2 Å². The summed E-state index contributed by atoms with van der Waals surface area (Å²) < 4.78 is 13.1. The molecule has 1 aromatic carbocycles. The van der Waals surface area contributed by atoms with E-state index < -0.39 is 0 Å². The predicted molar refractivity (Wildman–Crippen MR) is 100 cm³/mol. The van der Waals surface area contributed by atoms with Crippen molar-refractivity contribution in [1.82, 2.24) is 15.1 Å². The molecular formula is C19H24FN5O. The lowest BCUT2D eigenvalue weighted by Crippen LogP contribution is -2.47. The molecule has 0 atom stereocenters. The summed E-state index contributed by atoms with van der Waals surface area (Å²) in [5, 5.41) is 10.3. The van der Waals surface area contributed by atoms with Crippen LogP contribution in [0.3, 0.4) is 0 Å². The molecular weight excluding hydrogens is 333 g/mol. The summed E-state index contributed by atoms with van der Waals surface area (Å²) in [4.78, 5) is 16.6. The van der Waals surface area contributed by atoms with E-state index in [1.54, 1.807) is 0 Å². The number of fused-ring (bicyclic) bond motifs is 1. The average molecular weight is 357 g/mol. The van der Waals surface area contributed by atoms with E-state index in [4.69, 9.17) is 0 Å². The number of benzene rings is 1. The summed E-state index contributed by atoms with van der Waals surface area (Å²) in [6, 6.07) is 6.71. The molecule has 6 nitrogen and oxygen atoms in total. The van der Waals surface area contributed by atoms with Crippen molar-refractivity contribution in [3.8, 4) is 0 Å². The fourth-order valence-electron chi connectivity index (χ4n) is 3.78. The van der Waals surface area contributed by atoms with Gasteiger partial charge in [-0.1, -0.05) is 0 Å². The lowest BCUT2D eigenvalue weighted by atomic mass is 10.0. The fourth-order valence-corrected chi connectivity index (χ4v) is 3.78. The van der Waals surface area contributed by atoms with Crippen LogP contribution in [0.1, 0.15) is 17.7 Å². The maximum absolute atomic E-state index is 13.1. The van der Waals surface area contributed by atoms with Gasteiger partial charge in [-0.2, -0.15) is 5.10 Å². The predicted octanol–water partition coefficient (Wildman–Crippen LogP) is 1.63. The topological polar surface area (TPSA) is 64.3 Å². The third-order valence-corrected chi connectivity index (χ3v) is 5.29. The minimum Gasteiger partial charge on any atom is -0.383 e. The Balaban J connectivity index is 1.34. The minimum atomic E-state index is -0.197. The Morgan fingerprint density at radius 2 is 1.88 bits per heavy atom. The van der Waals surface area contributed by atoms with Crippen molar-refractivity contribution in [2.75, 3.05) is 49.5 Å². The summed E-state index contributed by atoms with van der Waals surface area (Å²) in [6.07, 6.45) is 2.64. The summed E-state index contributed by atoms with van der Waals surface area (Å²) in [5.74, 6) is -0.197. The van der Waals surface area contributed by atoms with Crippen molar-refractivity contribution < 1.29 is 4.39 Å². The molecule has 0 bridgehead atoms. The highest BCUT2D eigenvalue weighted by Gasteiger charge is 2.20. The molecule has 0 unspecified atom stereocenters. The molecule has 2 N–H and O–H groups in total. The molecule has 2 aromatic rings. The van der Waals surface area contributed by atoms with Crippen LogP contribution >= 0.6 is 0 Å². The molecule has 2 aliphatic heterocycles. The van der Waals surface area contributed by atoms with Gasteiger partial charge in [0.05, 0.1) is 11.4 Å². The van der Waals surface area contributed by atoms with Gasteiger partial charge in [-0.15, -0.1) is 0 Å². The third kappa shape index (κ3) is 3.58. The van der Waals surface area contributed by atoms with Crippen LogP contribution in [0.25, 0.3) is 0 Å². The van der Waals surface area contributed by atoms with E-state index in [1.165, 1.54) is 12.1 Å². The SMILES string of the molecule is O=c1[nH]nc(CCN2CCN(c3ccc(F)cc3)CC2)c2c1CCCN2. The van der Waals surface area contributed by atoms with Crippen LogP contribution in [0.2, 0.25) is 0 Å². The zero-order chi connectivity index (χ0) is 17.9. The molecule has 0 radical (unpaired) electrons. The van der Waals surface area contributed by atoms with Gasteiger partial charge in [-0.25, -0.2) is 9.49 Å². The molecule has 1 saturated heterocycles. The largest absolute Gasteiger partial charge is 0.383 e. The number of aromatic amines is 1. The molecule has 7 heteroatoms. The second kappa shape index (κ2) is 7.45. The van der Waals surface area contributed by atoms with E-state index in [1.807, 2.05) is 12.1 Å². The maximum Gasteiger partial charge on any atom is 0.269 e. The molecule has 0 amide bonds. The smallest absolute Gasteiger partial charge is 0.269 e. The van der Waals surface area contributed by atoms with Crippen LogP contribution in [-0.4, -0.2) is 54.4 Å². The number of hydrogen-bond donors (Lipinski definition) is 2. The van der Waals surface area contributed by atoms with Crippen LogP contribution in [-0.2, 0) is 12.8 Å². The molecule has 0 saturated carbocycles. The van der Waals surface area contributed by atoms with Gasteiger partial charge in [0.15, 0.2) is 0 Å². The van der Waals surface area contributed by atoms with E-state index in [-0.39, 0.29) is 11.4 Å². The van der Waals surface area contributed by atoms with Gasteiger partial charge in [0, 0.05) is 56.9 Å². The second-order valence-corrected chi connectivity index (χ2v) is 6.94. The highest BCUT2D eigenvalue weighted by molar-refractivity contribution is 5.55. The molecule has 0 spiro atoms. The monoisotopic (exact) mass is 357 g/mol. The van der Waals surface area contributed by atoms with Gasteiger partial charge in [0.2, 0.25) is 0 Å². The quantitative estimate of drug-likeness (QED) is 0.871. The van der Waals surface area contributed by atoms with Crippen LogP contribution < -0.4 is 15.8 Å². The third-order valence-electron chi connectivity index (χ3n) is 5.29. The first-order valence-electron chi connectivity index (χ1n) is 9.28. The Morgan fingerprint density at radius 3 is 2.65 bits per heavy atom. The van der Waals surface area contributed by atoms with Gasteiger partial charge in [-0.3, -0.25) is 9.69 Å². The molecule has 2 aliphatic rings. The Bertz CT molecular complexity index is 812. The van der Waals surface area contributed by atoms with Crippen LogP contribution in [0.5, 0.6) is 0 Å². The second-order valence-electron chi connectivity index (χ2n) is 6.94. The summed E-state index contributed by atoms with van der Waals surface area (Å²) in [7, 11) is 0. The Morgan fingerprint density at radius 1 is 1.12 bits per heavy atom. The van der Waals surface area contributed by atoms with Crippen LogP contribution in [0.4, 0.5) is 15.8 Å². The summed E-state index contributed by atoms with van der Waals surface area (Å²) in [6.45, 7) is 5.63. The zero-order valence-corrected chi connectivity index (χ0v) is 14.8. The number of piperazine rings is 1. The number of halogens is 1. The fraction of sp³-hybridized carbons (Fsp3) is 0.474. The number of aromatic nitrogens is 2. The van der Waals surface area contributed by atoms with E-state index in [9.17, 15) is 9.18 Å². The Kier molecular flexibility index (Phi) is 4.88. The van der Waals surface area contributed by atoms with Crippen LogP contribution in [0.15, 0.2) is 29.1 Å². The van der Waals surface area contributed by atoms with Crippen molar-refractivity contribution in [2.24, 2.45) is 0 Å². The number of nitrogens with zero attached hydrogens (tertiary/aromatic N) is 3. The van der Waals surface area contributed by atoms with E-state index in [0.717, 1.165) is 81.2 Å². The van der Waals surface area contributed by atoms with Crippen molar-refractivity contribution >= 4 is 11.4 Å². The van der Waals surface area contributed by atoms with Gasteiger partial charge in [0.25, 0.3) is 5.56 Å². The lowest BCUT2D eigenvalue weighted by Gasteiger charge is -2.36. The first kappa shape index (κ1) is 17.0. The number of anilines is 2. The maximum atomic E-state index is 13.1. The van der Waals surface area contributed by atoms with E-state index >= 15 is 0 Å². The summed E-state index contributed by atoms with van der Waals surface area (Å²) >= 11 is 0. The van der Waals surface area contributed by atoms with Crippen molar-refractivity contribution in [2.45, 2.75) is 19.3 Å². The number of hydrogen-bond acceptors (Lipinski definition) is 5. The number of rotatable bonds is 4. The molecule has 4 rings (SSSR count). The van der Waals surface area contributed by atoms with Crippen molar-refractivity contribution in [3.05, 3.63) is 51.7 Å². The van der Waals surface area contributed by atoms with Crippen molar-refractivity contribution in [1.29, 1.82) is 0 Å². The van der Waals surface area contributed by atoms with E-state index in [0.29, 0.717) is 0 Å². The average Bonchev–Trinajstić information content (AvgIpc) is 2.69. The normalized spacial score (nSPS) is 17.7. The number of nitrogens with one attached hydrogen (secondary N) is 2. The van der Waals surface area contributed by atoms with E-state index in [2.05, 4.69) is 25.3 Å². The molecule has 26 heavy (non-hydrogen) atoms. The molecule has 138 valence electrons. The van der Waals surface area contributed by atoms with Gasteiger partial charge in [-0.05, 0) is 37.1 Å². The lowest BCUT2D eigenvalue weighted by molar-refractivity contribution is 0.260. The van der Waals surface area contributed by atoms with Gasteiger partial charge in [0.1, 0.15) is 5.82 Å². The molecule has 1 aromatic heterocycles. The Labute approximate surface area is 152 Å². The van der Waals surface area contributed by atoms with Crippen LogP contribution in [0, 0.1) is 5.82 Å². The first-order chi connectivity index (χ1) is 12.7. The Hall–Kier alpha value is -2.41. The van der Waals surface area contributed by atoms with Gasteiger partial charge >= 0.3 is 0 Å². The highest BCUT2D eigenvalue weighted by Crippen LogP contribution is 2.22. The standard InChI is InChI=1S/C19H24FN5O/c20-14-3-5-15(6-4-14)25-12-10-24(11-13-25)9-7-17-18-16(2-1-8-21-18)19(26)23-22-17/h3-6,21H,1-2,7-13H2,(H,23,26). The minimum absolute atomic E-state index is 0.0659. The molecule has 0 aliphatic carbocycles. The molecule has 1 fully saturated rings. The number of H-pyrrole nitrogens is 1. The van der Waals surface area contributed by atoms with Crippen molar-refractivity contribution in [3.63, 3.8) is 0 Å². The zero-order valence-electron chi connectivity index (χ0n) is 14.8.